The lowest BCUT2D eigenvalue weighted by Crippen LogP contribution is -2.57. The molecule has 0 bridgehead atoms. The normalized spacial score (nSPS) is 20.6. The first kappa shape index (κ1) is 18.4. The van der Waals surface area contributed by atoms with Crippen LogP contribution in [0.4, 0.5) is 5.69 Å². The molecule has 0 radical (unpaired) electrons. The topological polar surface area (TPSA) is 78.5 Å². The Balaban J connectivity index is 1.73. The summed E-state index contributed by atoms with van der Waals surface area (Å²) in [5, 5.41) is 3.35. The van der Waals surface area contributed by atoms with Crippen LogP contribution in [0, 0.1) is 0 Å². The highest BCUT2D eigenvalue weighted by atomic mass is 32.2. The van der Waals surface area contributed by atoms with E-state index in [1.165, 1.54) is 12.1 Å². The van der Waals surface area contributed by atoms with Gasteiger partial charge in [0.15, 0.2) is 0 Å². The monoisotopic (exact) mass is 373 g/mol. The van der Waals surface area contributed by atoms with Crippen LogP contribution < -0.4 is 10.0 Å². The van der Waals surface area contributed by atoms with Gasteiger partial charge in [0.05, 0.1) is 4.90 Å². The van der Waals surface area contributed by atoms with Crippen molar-refractivity contribution in [1.82, 2.24) is 10.2 Å². The zero-order valence-electron chi connectivity index (χ0n) is 14.8. The van der Waals surface area contributed by atoms with Crippen molar-refractivity contribution in [2.45, 2.75) is 30.8 Å². The molecule has 1 aliphatic rings. The van der Waals surface area contributed by atoms with Gasteiger partial charge in [-0.2, -0.15) is 0 Å². The number of nitrogens with zero attached hydrogens (tertiary/aromatic N) is 1. The van der Waals surface area contributed by atoms with E-state index in [9.17, 15) is 13.2 Å². The van der Waals surface area contributed by atoms with Gasteiger partial charge in [0.1, 0.15) is 0 Å². The number of piperazine rings is 1. The van der Waals surface area contributed by atoms with Crippen molar-refractivity contribution in [1.29, 1.82) is 0 Å². The predicted octanol–water partition coefficient (Wildman–Crippen LogP) is 2.31. The molecule has 3 rings (SSSR count). The summed E-state index contributed by atoms with van der Waals surface area (Å²) in [4.78, 5) is 14.8. The van der Waals surface area contributed by atoms with Crippen LogP contribution in [0.5, 0.6) is 0 Å². The molecule has 1 saturated heterocycles. The third-order valence-electron chi connectivity index (χ3n) is 4.73. The zero-order valence-corrected chi connectivity index (χ0v) is 15.7. The van der Waals surface area contributed by atoms with Crippen molar-refractivity contribution >= 4 is 21.6 Å². The van der Waals surface area contributed by atoms with Crippen LogP contribution >= 0.6 is 0 Å². The van der Waals surface area contributed by atoms with Gasteiger partial charge in [-0.3, -0.25) is 9.52 Å². The van der Waals surface area contributed by atoms with Crippen LogP contribution in [0.1, 0.15) is 24.2 Å². The maximum absolute atomic E-state index is 12.7. The number of amides is 1. The van der Waals surface area contributed by atoms with Crippen LogP contribution in [0.15, 0.2) is 59.5 Å². The number of rotatable bonds is 4. The minimum Gasteiger partial charge on any atom is -0.333 e. The molecule has 7 heteroatoms. The number of nitrogens with one attached hydrogen (secondary N) is 2. The summed E-state index contributed by atoms with van der Waals surface area (Å²) < 4.78 is 27.2. The van der Waals surface area contributed by atoms with Crippen molar-refractivity contribution in [2.75, 3.05) is 17.8 Å². The Kier molecular flexibility index (Phi) is 5.29. The van der Waals surface area contributed by atoms with E-state index in [0.717, 1.165) is 6.54 Å². The Hall–Kier alpha value is -2.38. The summed E-state index contributed by atoms with van der Waals surface area (Å²) in [7, 11) is -3.64. The third kappa shape index (κ3) is 3.89. The Bertz CT molecular complexity index is 867. The van der Waals surface area contributed by atoms with Gasteiger partial charge in [-0.15, -0.1) is 0 Å². The van der Waals surface area contributed by atoms with Gasteiger partial charge in [-0.1, -0.05) is 18.2 Å². The number of carbonyl (C=O) groups is 1. The highest BCUT2D eigenvalue weighted by molar-refractivity contribution is 7.92. The molecular formula is C19H23N3O3S. The second kappa shape index (κ2) is 7.47. The Morgan fingerprint density at radius 2 is 1.73 bits per heavy atom. The first-order valence-electron chi connectivity index (χ1n) is 8.61. The molecule has 1 aliphatic heterocycles. The molecule has 26 heavy (non-hydrogen) atoms. The summed E-state index contributed by atoms with van der Waals surface area (Å²) in [5.74, 6) is -0.0386. The highest BCUT2D eigenvalue weighted by Gasteiger charge is 2.28. The van der Waals surface area contributed by atoms with Crippen LogP contribution in [-0.4, -0.2) is 44.4 Å². The molecule has 2 aromatic rings. The largest absolute Gasteiger partial charge is 0.333 e. The van der Waals surface area contributed by atoms with Crippen molar-refractivity contribution in [3.05, 3.63) is 60.2 Å². The minimum atomic E-state index is -3.64. The van der Waals surface area contributed by atoms with Gasteiger partial charge >= 0.3 is 0 Å². The fourth-order valence-corrected chi connectivity index (χ4v) is 4.08. The lowest BCUT2D eigenvalue weighted by molar-refractivity contribution is 0.0603. The molecule has 0 saturated carbocycles. The lowest BCUT2D eigenvalue weighted by atomic mass is 10.1. The maximum Gasteiger partial charge on any atom is 0.261 e. The van der Waals surface area contributed by atoms with E-state index in [1.807, 2.05) is 11.8 Å². The molecule has 1 heterocycles. The number of hydrogen-bond donors (Lipinski definition) is 2. The molecule has 1 amide bonds. The van der Waals surface area contributed by atoms with E-state index in [4.69, 9.17) is 0 Å². The quantitative estimate of drug-likeness (QED) is 0.862. The molecular weight excluding hydrogens is 350 g/mol. The molecule has 1 fully saturated rings. The molecule has 2 atom stereocenters. The van der Waals surface area contributed by atoms with Crippen LogP contribution in [0.25, 0.3) is 0 Å². The zero-order chi connectivity index (χ0) is 18.7. The van der Waals surface area contributed by atoms with Gasteiger partial charge in [-0.25, -0.2) is 8.42 Å². The third-order valence-corrected chi connectivity index (χ3v) is 6.13. The van der Waals surface area contributed by atoms with E-state index in [0.29, 0.717) is 17.8 Å². The first-order valence-corrected chi connectivity index (χ1v) is 10.1. The molecule has 0 aliphatic carbocycles. The van der Waals surface area contributed by atoms with Gasteiger partial charge in [-0.05, 0) is 50.2 Å². The molecule has 0 spiro atoms. The van der Waals surface area contributed by atoms with Crippen LogP contribution in [0.3, 0.4) is 0 Å². The van der Waals surface area contributed by atoms with Gasteiger partial charge in [0.25, 0.3) is 15.9 Å². The standard InChI is InChI=1S/C19H23N3O3S/c1-14-15(2)22(13-12-20-14)19(23)16-8-10-17(11-9-16)21-26(24,25)18-6-4-3-5-7-18/h3-11,14-15,20-21H,12-13H2,1-2H3. The average Bonchev–Trinajstić information content (AvgIpc) is 2.64. The van der Waals surface area contributed by atoms with Crippen LogP contribution in [-0.2, 0) is 10.0 Å². The van der Waals surface area contributed by atoms with E-state index < -0.39 is 10.0 Å². The number of sulfonamides is 1. The van der Waals surface area contributed by atoms with Crippen molar-refractivity contribution in [3.63, 3.8) is 0 Å². The number of anilines is 1. The second-order valence-corrected chi connectivity index (χ2v) is 8.16. The minimum absolute atomic E-state index is 0.0386. The number of benzene rings is 2. The fourth-order valence-electron chi connectivity index (χ4n) is 3.00. The van der Waals surface area contributed by atoms with E-state index in [2.05, 4.69) is 17.0 Å². The smallest absolute Gasteiger partial charge is 0.261 e. The van der Waals surface area contributed by atoms with Crippen molar-refractivity contribution < 1.29 is 13.2 Å². The summed E-state index contributed by atoms with van der Waals surface area (Å²) in [6.07, 6.45) is 0. The summed E-state index contributed by atoms with van der Waals surface area (Å²) in [5.41, 5.74) is 0.973. The van der Waals surface area contributed by atoms with Crippen molar-refractivity contribution in [3.8, 4) is 0 Å². The number of hydrogen-bond acceptors (Lipinski definition) is 4. The van der Waals surface area contributed by atoms with Gasteiger partial charge < -0.3 is 10.2 Å². The van der Waals surface area contributed by atoms with Gasteiger partial charge in [0.2, 0.25) is 0 Å². The predicted molar refractivity (Wildman–Crippen MR) is 102 cm³/mol. The number of carbonyl (C=O) groups excluding carboxylic acids is 1. The second-order valence-electron chi connectivity index (χ2n) is 6.48. The summed E-state index contributed by atoms with van der Waals surface area (Å²) in [6.45, 7) is 5.52. The summed E-state index contributed by atoms with van der Waals surface area (Å²) >= 11 is 0. The maximum atomic E-state index is 12.7. The molecule has 6 nitrogen and oxygen atoms in total. The van der Waals surface area contributed by atoms with Crippen LogP contribution in [0.2, 0.25) is 0 Å². The average molecular weight is 373 g/mol. The Labute approximate surface area is 154 Å². The Morgan fingerprint density at radius 1 is 1.08 bits per heavy atom. The molecule has 2 unspecified atom stereocenters. The van der Waals surface area contributed by atoms with Crippen molar-refractivity contribution in [2.24, 2.45) is 0 Å². The summed E-state index contributed by atoms with van der Waals surface area (Å²) in [6, 6.07) is 15.1. The van der Waals surface area contributed by atoms with Gasteiger partial charge in [0, 0.05) is 36.4 Å². The molecule has 0 aromatic heterocycles. The first-order chi connectivity index (χ1) is 12.4. The van der Waals surface area contributed by atoms with E-state index in [1.54, 1.807) is 42.5 Å². The molecule has 138 valence electrons. The Morgan fingerprint density at radius 3 is 2.38 bits per heavy atom. The molecule has 2 N–H and O–H groups in total. The molecule has 2 aromatic carbocycles. The fraction of sp³-hybridized carbons (Fsp3) is 0.316. The van der Waals surface area contributed by atoms with E-state index in [-0.39, 0.29) is 22.9 Å². The van der Waals surface area contributed by atoms with E-state index >= 15 is 0 Å². The lowest BCUT2D eigenvalue weighted by Gasteiger charge is -2.38. The SMILES string of the molecule is CC1NCCN(C(=O)c2ccc(NS(=O)(=O)c3ccccc3)cc2)C1C. The highest BCUT2D eigenvalue weighted by Crippen LogP contribution is 2.19.